The molecule has 1 saturated carbocycles. The fourth-order valence-corrected chi connectivity index (χ4v) is 6.20. The Labute approximate surface area is 251 Å². The van der Waals surface area contributed by atoms with Crippen molar-refractivity contribution in [2.24, 2.45) is 16.8 Å². The first kappa shape index (κ1) is 29.8. The van der Waals surface area contributed by atoms with Gasteiger partial charge in [0.1, 0.15) is 11.5 Å². The molecular formula is C36H46FN5. The molecule has 6 heteroatoms. The van der Waals surface area contributed by atoms with Gasteiger partial charge in [0.25, 0.3) is 0 Å². The van der Waals surface area contributed by atoms with Crippen LogP contribution in [0.2, 0.25) is 0 Å². The normalized spacial score (nSPS) is 19.3. The largest absolute Gasteiger partial charge is 0.370 e. The zero-order chi connectivity index (χ0) is 29.6. The molecule has 0 spiro atoms. The molecule has 2 fully saturated rings. The van der Waals surface area contributed by atoms with Crippen LogP contribution in [0, 0.1) is 11.8 Å². The molecular weight excluding hydrogens is 521 g/mol. The number of allylic oxidation sites excluding steroid dienone is 6. The van der Waals surface area contributed by atoms with Gasteiger partial charge in [-0.05, 0) is 67.9 Å². The Kier molecular flexibility index (Phi) is 9.61. The maximum Gasteiger partial charge on any atom is 0.144 e. The molecule has 42 heavy (non-hydrogen) atoms. The van der Waals surface area contributed by atoms with Crippen LogP contribution < -0.4 is 5.32 Å². The first-order valence-electron chi connectivity index (χ1n) is 15.7. The minimum Gasteiger partial charge on any atom is -0.370 e. The number of hydrogen-bond donors (Lipinski definition) is 1. The molecule has 1 aromatic heterocycles. The summed E-state index contributed by atoms with van der Waals surface area (Å²) in [5, 5.41) is 8.93. The number of hydrogen-bond acceptors (Lipinski definition) is 4. The molecule has 222 valence electrons. The van der Waals surface area contributed by atoms with Gasteiger partial charge < -0.3 is 10.2 Å². The Morgan fingerprint density at radius 3 is 2.52 bits per heavy atom. The molecule has 5 nitrogen and oxygen atoms in total. The van der Waals surface area contributed by atoms with Gasteiger partial charge in [0, 0.05) is 36.6 Å². The smallest absolute Gasteiger partial charge is 0.144 e. The highest BCUT2D eigenvalue weighted by atomic mass is 19.1. The summed E-state index contributed by atoms with van der Waals surface area (Å²) in [4.78, 5) is 7.05. The summed E-state index contributed by atoms with van der Waals surface area (Å²) in [6.45, 7) is 13.9. The highest BCUT2D eigenvalue weighted by Gasteiger charge is 2.34. The molecule has 0 unspecified atom stereocenters. The fraction of sp³-hybridized carbons (Fsp3) is 0.444. The zero-order valence-corrected chi connectivity index (χ0v) is 25.8. The van der Waals surface area contributed by atoms with Gasteiger partial charge in [0.2, 0.25) is 0 Å². The summed E-state index contributed by atoms with van der Waals surface area (Å²) in [6.07, 6.45) is 18.5. The number of rotatable bonds is 11. The molecule has 0 bridgehead atoms. The van der Waals surface area contributed by atoms with Crippen LogP contribution in [0.25, 0.3) is 22.8 Å². The third-order valence-corrected chi connectivity index (χ3v) is 8.84. The van der Waals surface area contributed by atoms with Gasteiger partial charge in [0.15, 0.2) is 0 Å². The average Bonchev–Trinajstić information content (AvgIpc) is 3.63. The molecule has 0 amide bonds. The van der Waals surface area contributed by atoms with E-state index in [1.165, 1.54) is 37.7 Å². The Balaban J connectivity index is 1.57. The molecule has 5 rings (SSSR count). The summed E-state index contributed by atoms with van der Waals surface area (Å²) in [7, 11) is 0. The van der Waals surface area contributed by atoms with E-state index in [1.807, 2.05) is 30.0 Å². The van der Waals surface area contributed by atoms with Gasteiger partial charge in [-0.25, -0.2) is 4.68 Å². The van der Waals surface area contributed by atoms with Gasteiger partial charge in [-0.1, -0.05) is 82.5 Å². The van der Waals surface area contributed by atoms with E-state index in [4.69, 9.17) is 10.1 Å². The predicted octanol–water partition coefficient (Wildman–Crippen LogP) is 8.99. The van der Waals surface area contributed by atoms with Crippen molar-refractivity contribution in [3.05, 3.63) is 83.1 Å². The molecule has 1 aromatic carbocycles. The number of aromatic nitrogens is 2. The lowest BCUT2D eigenvalue weighted by Crippen LogP contribution is -2.46. The van der Waals surface area contributed by atoms with E-state index in [9.17, 15) is 4.39 Å². The van der Waals surface area contributed by atoms with Gasteiger partial charge in [-0.15, -0.1) is 0 Å². The van der Waals surface area contributed by atoms with Gasteiger partial charge in [0.05, 0.1) is 23.6 Å². The van der Waals surface area contributed by atoms with E-state index in [2.05, 4.69) is 74.0 Å². The third kappa shape index (κ3) is 6.23. The summed E-state index contributed by atoms with van der Waals surface area (Å²) in [5.74, 6) is 1.76. The van der Waals surface area contributed by atoms with Crippen molar-refractivity contribution in [3.8, 4) is 0 Å². The van der Waals surface area contributed by atoms with Crippen molar-refractivity contribution in [1.82, 2.24) is 14.7 Å². The van der Waals surface area contributed by atoms with E-state index >= 15 is 0 Å². The first-order chi connectivity index (χ1) is 20.5. The van der Waals surface area contributed by atoms with E-state index in [-0.39, 0.29) is 12.6 Å². The number of anilines is 1. The Bertz CT molecular complexity index is 1420. The molecule has 3 heterocycles. The number of fused-ring (bicyclic) bond motifs is 1. The molecule has 1 saturated heterocycles. The fourth-order valence-electron chi connectivity index (χ4n) is 6.20. The molecule has 2 aromatic rings. The van der Waals surface area contributed by atoms with Crippen LogP contribution in [0.4, 0.5) is 10.2 Å². The third-order valence-electron chi connectivity index (χ3n) is 8.84. The molecule has 0 radical (unpaired) electrons. The van der Waals surface area contributed by atoms with Gasteiger partial charge in [-0.3, -0.25) is 9.38 Å². The van der Waals surface area contributed by atoms with Crippen molar-refractivity contribution >= 4 is 34.8 Å². The van der Waals surface area contributed by atoms with Crippen LogP contribution >= 0.6 is 0 Å². The van der Waals surface area contributed by atoms with E-state index in [1.54, 1.807) is 0 Å². The summed E-state index contributed by atoms with van der Waals surface area (Å²) < 4.78 is 15.4. The van der Waals surface area contributed by atoms with Crippen LogP contribution in [-0.4, -0.2) is 40.7 Å². The molecule has 3 aliphatic rings. The second-order valence-electron chi connectivity index (χ2n) is 11.9. The van der Waals surface area contributed by atoms with Crippen LogP contribution in [0.15, 0.2) is 65.7 Å². The average molecular weight is 568 g/mol. The Morgan fingerprint density at radius 1 is 1.14 bits per heavy atom. The van der Waals surface area contributed by atoms with Crippen molar-refractivity contribution in [1.29, 1.82) is 0 Å². The zero-order valence-electron chi connectivity index (χ0n) is 25.8. The molecule has 0 atom stereocenters. The van der Waals surface area contributed by atoms with E-state index in [0.29, 0.717) is 13.1 Å². The number of aliphatic imine (C=N–C) groups is 1. The summed E-state index contributed by atoms with van der Waals surface area (Å²) >= 11 is 0. The second kappa shape index (κ2) is 13.5. The number of nitrogens with zero attached hydrogens (tertiary/aromatic N) is 4. The lowest BCUT2D eigenvalue weighted by Gasteiger charge is -2.41. The predicted molar refractivity (Wildman–Crippen MR) is 177 cm³/mol. The molecule has 2 aliphatic heterocycles. The van der Waals surface area contributed by atoms with Crippen molar-refractivity contribution in [2.75, 3.05) is 25.1 Å². The lowest BCUT2D eigenvalue weighted by molar-refractivity contribution is 0.143. The topological polar surface area (TPSA) is 45.5 Å². The second-order valence-corrected chi connectivity index (χ2v) is 11.9. The van der Waals surface area contributed by atoms with Crippen molar-refractivity contribution in [3.63, 3.8) is 0 Å². The maximum atomic E-state index is 13.4. The number of benzene rings is 1. The van der Waals surface area contributed by atoms with Crippen molar-refractivity contribution in [2.45, 2.75) is 72.6 Å². The van der Waals surface area contributed by atoms with Crippen molar-refractivity contribution < 1.29 is 4.39 Å². The van der Waals surface area contributed by atoms with Gasteiger partial charge >= 0.3 is 0 Å². The minimum atomic E-state index is -0.304. The SMILES string of the molecule is C=C(c1c(C(/N=C\C=C/C)=C(\C)CC)nn2c1NC(c1ccc(CC3CCCC3)cc1)=C/C2=C\CC)N1CC(CF)C1. The number of likely N-dealkylation sites (tertiary alicyclic amines) is 1. The summed E-state index contributed by atoms with van der Waals surface area (Å²) in [6, 6.07) is 9.05. The molecule has 1 aliphatic carbocycles. The van der Waals surface area contributed by atoms with Crippen LogP contribution in [-0.2, 0) is 6.42 Å². The highest BCUT2D eigenvalue weighted by molar-refractivity contribution is 5.95. The standard InChI is InChI=1S/C36H46FN5/c1-6-9-19-38-34(25(4)8-3)35-33(26(5)41-23-29(22-37)24-41)36-39-32(21-31(12-7-2)42(36)40-35)30-17-15-28(16-18-30)20-27-13-10-11-14-27/h6,9,12,15-19,21,27,29,39H,5,7-8,10-11,13-14,20,22-24H2,1-4H3/b9-6-,31-12+,34-25-,38-19-. The van der Waals surface area contributed by atoms with Crippen LogP contribution in [0.5, 0.6) is 0 Å². The Morgan fingerprint density at radius 2 is 1.88 bits per heavy atom. The molecule has 1 N–H and O–H groups in total. The first-order valence-corrected chi connectivity index (χ1v) is 15.7. The van der Waals surface area contributed by atoms with Crippen LogP contribution in [0.1, 0.15) is 88.6 Å². The van der Waals surface area contributed by atoms with E-state index in [0.717, 1.165) is 69.8 Å². The summed E-state index contributed by atoms with van der Waals surface area (Å²) in [5.41, 5.74) is 9.21. The van der Waals surface area contributed by atoms with Crippen LogP contribution in [0.3, 0.4) is 0 Å². The van der Waals surface area contributed by atoms with Gasteiger partial charge in [-0.2, -0.15) is 5.10 Å². The highest BCUT2D eigenvalue weighted by Crippen LogP contribution is 2.42. The maximum absolute atomic E-state index is 13.4. The van der Waals surface area contributed by atoms with E-state index < -0.39 is 0 Å². The quantitative estimate of drug-likeness (QED) is 0.276. The number of halogens is 1. The monoisotopic (exact) mass is 567 g/mol. The number of nitrogens with one attached hydrogen (secondary N) is 1. The minimum absolute atomic E-state index is 0.0541. The Hall–Kier alpha value is -3.67. The lowest BCUT2D eigenvalue weighted by atomic mass is 9.96. The number of alkyl halides is 1.